The van der Waals surface area contributed by atoms with Gasteiger partial charge < -0.3 is 4.74 Å². The van der Waals surface area contributed by atoms with Gasteiger partial charge in [-0.25, -0.2) is 4.98 Å². The zero-order valence-electron chi connectivity index (χ0n) is 9.25. The van der Waals surface area contributed by atoms with Crippen LogP contribution in [0.3, 0.4) is 0 Å². The number of carbonyl (C=O) groups excluding carboxylic acids is 1. The number of nitrogens with zero attached hydrogens (tertiary/aromatic N) is 1. The van der Waals surface area contributed by atoms with E-state index in [2.05, 4.69) is 4.98 Å². The lowest BCUT2D eigenvalue weighted by Gasteiger charge is -2.07. The molecule has 6 heteroatoms. The van der Waals surface area contributed by atoms with Crippen molar-refractivity contribution >= 4 is 5.78 Å². The lowest BCUT2D eigenvalue weighted by atomic mass is 10.1. The number of pyridine rings is 1. The highest BCUT2D eigenvalue weighted by atomic mass is 19.4. The fraction of sp³-hybridized carbons (Fsp3) is 0.455. The number of rotatable bonds is 5. The SMILES string of the molecule is CCC(=O)c1ccc(OCCC(F)(F)F)nc1. The molecule has 0 saturated heterocycles. The van der Waals surface area contributed by atoms with Crippen LogP contribution >= 0.6 is 0 Å². The molecule has 94 valence electrons. The zero-order chi connectivity index (χ0) is 12.9. The lowest BCUT2D eigenvalue weighted by Crippen LogP contribution is -2.13. The summed E-state index contributed by atoms with van der Waals surface area (Å²) in [6.45, 7) is 1.24. The number of ketones is 1. The van der Waals surface area contributed by atoms with E-state index in [0.29, 0.717) is 12.0 Å². The molecule has 0 saturated carbocycles. The summed E-state index contributed by atoms with van der Waals surface area (Å²) in [5.74, 6) is 0.0150. The van der Waals surface area contributed by atoms with Crippen molar-refractivity contribution in [2.24, 2.45) is 0 Å². The van der Waals surface area contributed by atoms with Crippen LogP contribution in [0, 0.1) is 0 Å². The Morgan fingerprint density at radius 3 is 2.59 bits per heavy atom. The third-order valence-corrected chi connectivity index (χ3v) is 2.01. The summed E-state index contributed by atoms with van der Waals surface area (Å²) in [7, 11) is 0. The number of aromatic nitrogens is 1. The van der Waals surface area contributed by atoms with Gasteiger partial charge in [0.2, 0.25) is 5.88 Å². The Labute approximate surface area is 96.6 Å². The Kier molecular flexibility index (Phi) is 4.48. The molecule has 17 heavy (non-hydrogen) atoms. The molecular formula is C11H12F3NO2. The third-order valence-electron chi connectivity index (χ3n) is 2.01. The summed E-state index contributed by atoms with van der Waals surface area (Å²) in [5.41, 5.74) is 0.427. The minimum Gasteiger partial charge on any atom is -0.477 e. The fourth-order valence-electron chi connectivity index (χ4n) is 1.11. The Balaban J connectivity index is 2.49. The molecule has 0 aliphatic carbocycles. The van der Waals surface area contributed by atoms with E-state index in [1.165, 1.54) is 18.3 Å². The molecule has 1 aromatic rings. The quantitative estimate of drug-likeness (QED) is 0.751. The second kappa shape index (κ2) is 5.65. The maximum absolute atomic E-state index is 11.8. The van der Waals surface area contributed by atoms with Gasteiger partial charge in [0.15, 0.2) is 5.78 Å². The standard InChI is InChI=1S/C11H12F3NO2/c1-2-9(16)8-3-4-10(15-7-8)17-6-5-11(12,13)14/h3-4,7H,2,5-6H2,1H3. The Hall–Kier alpha value is -1.59. The second-order valence-electron chi connectivity index (χ2n) is 3.38. The first-order valence-corrected chi connectivity index (χ1v) is 5.11. The third kappa shape index (κ3) is 4.84. The van der Waals surface area contributed by atoms with Crippen LogP contribution in [-0.4, -0.2) is 23.6 Å². The first kappa shape index (κ1) is 13.5. The summed E-state index contributed by atoms with van der Waals surface area (Å²) in [6, 6.07) is 2.88. The van der Waals surface area contributed by atoms with Gasteiger partial charge in [-0.3, -0.25) is 4.79 Å². The first-order chi connectivity index (χ1) is 7.92. The van der Waals surface area contributed by atoms with E-state index in [4.69, 9.17) is 4.74 Å². The molecule has 0 aromatic carbocycles. The monoisotopic (exact) mass is 247 g/mol. The summed E-state index contributed by atoms with van der Waals surface area (Å²) < 4.78 is 40.3. The molecule has 0 radical (unpaired) electrons. The number of alkyl halides is 3. The Bertz CT molecular complexity index is 373. The van der Waals surface area contributed by atoms with E-state index in [1.807, 2.05) is 0 Å². The van der Waals surface area contributed by atoms with E-state index in [-0.39, 0.29) is 11.7 Å². The average molecular weight is 247 g/mol. The fourth-order valence-corrected chi connectivity index (χ4v) is 1.11. The van der Waals surface area contributed by atoms with Gasteiger partial charge in [-0.15, -0.1) is 0 Å². The molecule has 0 bridgehead atoms. The smallest absolute Gasteiger partial charge is 0.392 e. The van der Waals surface area contributed by atoms with Gasteiger partial charge in [0.25, 0.3) is 0 Å². The Morgan fingerprint density at radius 1 is 1.41 bits per heavy atom. The average Bonchev–Trinajstić information content (AvgIpc) is 2.27. The van der Waals surface area contributed by atoms with Gasteiger partial charge >= 0.3 is 6.18 Å². The van der Waals surface area contributed by atoms with Crippen LogP contribution in [0.5, 0.6) is 5.88 Å². The molecule has 0 unspecified atom stereocenters. The molecule has 0 N–H and O–H groups in total. The predicted octanol–water partition coefficient (Wildman–Crippen LogP) is 3.01. The number of hydrogen-bond donors (Lipinski definition) is 0. The summed E-state index contributed by atoms with van der Waals surface area (Å²) in [4.78, 5) is 15.0. The second-order valence-corrected chi connectivity index (χ2v) is 3.38. The van der Waals surface area contributed by atoms with Crippen molar-refractivity contribution in [3.8, 4) is 5.88 Å². The number of halogens is 3. The normalized spacial score (nSPS) is 11.3. The molecule has 1 aromatic heterocycles. The van der Waals surface area contributed by atoms with Gasteiger partial charge in [0.05, 0.1) is 13.0 Å². The van der Waals surface area contributed by atoms with Crippen LogP contribution in [0.1, 0.15) is 30.1 Å². The van der Waals surface area contributed by atoms with Crippen LogP contribution in [0.4, 0.5) is 13.2 Å². The number of Topliss-reactive ketones (excluding diaryl/α,β-unsaturated/α-hetero) is 1. The molecule has 1 heterocycles. The van der Waals surface area contributed by atoms with Crippen molar-refractivity contribution in [1.29, 1.82) is 0 Å². The van der Waals surface area contributed by atoms with Crippen molar-refractivity contribution in [3.63, 3.8) is 0 Å². The number of hydrogen-bond acceptors (Lipinski definition) is 3. The molecule has 0 aliphatic heterocycles. The molecule has 0 aliphatic rings. The largest absolute Gasteiger partial charge is 0.477 e. The first-order valence-electron chi connectivity index (χ1n) is 5.11. The molecule has 0 spiro atoms. The van der Waals surface area contributed by atoms with E-state index in [1.54, 1.807) is 6.92 Å². The molecule has 0 fully saturated rings. The molecular weight excluding hydrogens is 235 g/mol. The van der Waals surface area contributed by atoms with Gasteiger partial charge in [-0.05, 0) is 6.07 Å². The van der Waals surface area contributed by atoms with Gasteiger partial charge in [-0.1, -0.05) is 6.92 Å². The van der Waals surface area contributed by atoms with Crippen LogP contribution in [0.25, 0.3) is 0 Å². The van der Waals surface area contributed by atoms with Crippen LogP contribution < -0.4 is 4.74 Å². The predicted molar refractivity (Wildman–Crippen MR) is 55.0 cm³/mol. The molecule has 1 rings (SSSR count). The van der Waals surface area contributed by atoms with Crippen molar-refractivity contribution < 1.29 is 22.7 Å². The maximum Gasteiger partial charge on any atom is 0.392 e. The number of carbonyl (C=O) groups is 1. The molecule has 0 atom stereocenters. The van der Waals surface area contributed by atoms with Crippen molar-refractivity contribution in [2.75, 3.05) is 6.61 Å². The maximum atomic E-state index is 11.8. The minimum absolute atomic E-state index is 0.0701. The van der Waals surface area contributed by atoms with E-state index in [9.17, 15) is 18.0 Å². The van der Waals surface area contributed by atoms with E-state index in [0.717, 1.165) is 0 Å². The molecule has 0 amide bonds. The highest BCUT2D eigenvalue weighted by molar-refractivity contribution is 5.95. The van der Waals surface area contributed by atoms with Crippen LogP contribution in [-0.2, 0) is 0 Å². The van der Waals surface area contributed by atoms with E-state index >= 15 is 0 Å². The van der Waals surface area contributed by atoms with Crippen LogP contribution in [0.2, 0.25) is 0 Å². The molecule has 3 nitrogen and oxygen atoms in total. The van der Waals surface area contributed by atoms with Crippen molar-refractivity contribution in [2.45, 2.75) is 25.9 Å². The van der Waals surface area contributed by atoms with Gasteiger partial charge in [0.1, 0.15) is 0 Å². The summed E-state index contributed by atoms with van der Waals surface area (Å²) >= 11 is 0. The number of ether oxygens (including phenoxy) is 1. The van der Waals surface area contributed by atoms with Gasteiger partial charge in [-0.2, -0.15) is 13.2 Å². The summed E-state index contributed by atoms with van der Waals surface area (Å²) in [6.07, 6.45) is -3.60. The van der Waals surface area contributed by atoms with Crippen molar-refractivity contribution in [3.05, 3.63) is 23.9 Å². The van der Waals surface area contributed by atoms with Crippen LogP contribution in [0.15, 0.2) is 18.3 Å². The van der Waals surface area contributed by atoms with E-state index < -0.39 is 19.2 Å². The lowest BCUT2D eigenvalue weighted by molar-refractivity contribution is -0.139. The zero-order valence-corrected chi connectivity index (χ0v) is 9.25. The highest BCUT2D eigenvalue weighted by Crippen LogP contribution is 2.19. The topological polar surface area (TPSA) is 39.2 Å². The summed E-state index contributed by atoms with van der Waals surface area (Å²) in [5, 5.41) is 0. The van der Waals surface area contributed by atoms with Gasteiger partial charge in [0, 0.05) is 24.2 Å². The Morgan fingerprint density at radius 2 is 2.12 bits per heavy atom. The highest BCUT2D eigenvalue weighted by Gasteiger charge is 2.26. The van der Waals surface area contributed by atoms with Crippen molar-refractivity contribution in [1.82, 2.24) is 4.98 Å². The minimum atomic E-state index is -4.24.